The fourth-order valence-electron chi connectivity index (χ4n) is 5.40. The molecular formula is C28H44O8P2S. The van der Waals surface area contributed by atoms with E-state index in [4.69, 9.17) is 9.05 Å². The molecule has 0 aliphatic carbocycles. The van der Waals surface area contributed by atoms with Crippen LogP contribution in [0.25, 0.3) is 0 Å². The van der Waals surface area contributed by atoms with Gasteiger partial charge in [0.1, 0.15) is 11.5 Å². The van der Waals surface area contributed by atoms with Crippen molar-refractivity contribution in [2.24, 2.45) is 10.8 Å². The fourth-order valence-corrected chi connectivity index (χ4v) is 7.38. The lowest BCUT2D eigenvalue weighted by atomic mass is 9.72. The average molecular weight is 603 g/mol. The van der Waals surface area contributed by atoms with E-state index in [0.717, 1.165) is 35.7 Å². The molecule has 39 heavy (non-hydrogen) atoms. The fraction of sp³-hybridized carbons (Fsp3) is 0.571. The van der Waals surface area contributed by atoms with Crippen LogP contribution in [0.15, 0.2) is 46.2 Å². The molecular weight excluding hydrogens is 558 g/mol. The first-order valence-electron chi connectivity index (χ1n) is 12.7. The van der Waals surface area contributed by atoms with E-state index in [2.05, 4.69) is 69.2 Å². The highest BCUT2D eigenvalue weighted by Gasteiger charge is 2.31. The van der Waals surface area contributed by atoms with E-state index in [9.17, 15) is 28.7 Å². The zero-order chi connectivity index (χ0) is 30.2. The minimum atomic E-state index is -4.88. The van der Waals surface area contributed by atoms with E-state index in [-0.39, 0.29) is 33.2 Å². The SMILES string of the molecule is CC(C)(C)CC(C)(C)c1ccc(OP(=O)(O)O)c(Sc2cc(C(C)(C)CC(C)(C)C)ccc2OP(=O)(O)O)c1. The van der Waals surface area contributed by atoms with Crippen molar-refractivity contribution >= 4 is 27.4 Å². The highest BCUT2D eigenvalue weighted by atomic mass is 32.2. The predicted molar refractivity (Wildman–Crippen MR) is 157 cm³/mol. The summed E-state index contributed by atoms with van der Waals surface area (Å²) in [7, 11) is -9.77. The van der Waals surface area contributed by atoms with Gasteiger partial charge in [0.15, 0.2) is 0 Å². The maximum atomic E-state index is 11.8. The normalized spacial score (nSPS) is 13.9. The Morgan fingerprint density at radius 2 is 0.923 bits per heavy atom. The van der Waals surface area contributed by atoms with Crippen LogP contribution in [0, 0.1) is 10.8 Å². The maximum Gasteiger partial charge on any atom is 0.524 e. The molecule has 11 heteroatoms. The Balaban J connectivity index is 2.72. The predicted octanol–water partition coefficient (Wildman–Crippen LogP) is 8.21. The largest absolute Gasteiger partial charge is 0.524 e. The van der Waals surface area contributed by atoms with Crippen molar-refractivity contribution in [1.82, 2.24) is 0 Å². The minimum Gasteiger partial charge on any atom is -0.403 e. The topological polar surface area (TPSA) is 134 Å². The van der Waals surface area contributed by atoms with Gasteiger partial charge in [0.05, 0.1) is 9.79 Å². The van der Waals surface area contributed by atoms with Gasteiger partial charge in [-0.05, 0) is 69.9 Å². The summed E-state index contributed by atoms with van der Waals surface area (Å²) in [6.45, 7) is 21.3. The molecule has 0 saturated heterocycles. The standard InChI is InChI=1S/C28H44O8P2S/c1-25(2,3)17-27(7,8)19-11-13-21(35-37(29,30)31)23(15-19)39-24-16-20(28(9,10)18-26(4,5)6)12-14-22(24)36-38(32,33)34/h11-16H,17-18H2,1-10H3,(H2,29,30,31)(H2,32,33,34). The van der Waals surface area contributed by atoms with Crippen LogP contribution in [0.5, 0.6) is 11.5 Å². The van der Waals surface area contributed by atoms with Gasteiger partial charge in [0.2, 0.25) is 0 Å². The van der Waals surface area contributed by atoms with Crippen LogP contribution in [0.3, 0.4) is 0 Å². The molecule has 0 amide bonds. The third-order valence-electron chi connectivity index (χ3n) is 6.05. The van der Waals surface area contributed by atoms with Gasteiger partial charge in [-0.25, -0.2) is 9.13 Å². The second kappa shape index (κ2) is 11.5. The highest BCUT2D eigenvalue weighted by Crippen LogP contribution is 2.50. The quantitative estimate of drug-likeness (QED) is 0.199. The van der Waals surface area contributed by atoms with Gasteiger partial charge >= 0.3 is 15.6 Å². The zero-order valence-corrected chi connectivity index (χ0v) is 27.2. The Morgan fingerprint density at radius 3 is 1.18 bits per heavy atom. The van der Waals surface area contributed by atoms with Gasteiger partial charge in [-0.3, -0.25) is 19.6 Å². The molecule has 2 aromatic rings. The lowest BCUT2D eigenvalue weighted by Crippen LogP contribution is -2.25. The summed E-state index contributed by atoms with van der Waals surface area (Å²) in [6, 6.07) is 10.3. The average Bonchev–Trinajstić information content (AvgIpc) is 2.64. The molecule has 0 atom stereocenters. The van der Waals surface area contributed by atoms with E-state index in [0.29, 0.717) is 9.79 Å². The van der Waals surface area contributed by atoms with E-state index in [1.54, 1.807) is 12.1 Å². The van der Waals surface area contributed by atoms with Gasteiger partial charge in [0, 0.05) is 0 Å². The van der Waals surface area contributed by atoms with E-state index in [1.807, 2.05) is 12.1 Å². The van der Waals surface area contributed by atoms with Crippen molar-refractivity contribution < 1.29 is 37.8 Å². The zero-order valence-electron chi connectivity index (χ0n) is 24.6. The number of hydrogen-bond acceptors (Lipinski definition) is 5. The Morgan fingerprint density at radius 1 is 0.615 bits per heavy atom. The summed E-state index contributed by atoms with van der Waals surface area (Å²) >= 11 is 1.08. The molecule has 4 N–H and O–H groups in total. The van der Waals surface area contributed by atoms with Crippen molar-refractivity contribution in [2.45, 2.75) is 103 Å². The lowest BCUT2D eigenvalue weighted by Gasteiger charge is -2.34. The van der Waals surface area contributed by atoms with E-state index < -0.39 is 15.6 Å². The Hall–Kier alpha value is -1.31. The van der Waals surface area contributed by atoms with Gasteiger partial charge in [-0.15, -0.1) is 0 Å². The maximum absolute atomic E-state index is 11.8. The molecule has 0 unspecified atom stereocenters. The van der Waals surface area contributed by atoms with Crippen LogP contribution in [0.2, 0.25) is 0 Å². The molecule has 220 valence electrons. The first-order valence-corrected chi connectivity index (χ1v) is 16.6. The molecule has 0 aliphatic heterocycles. The first kappa shape index (κ1) is 33.9. The van der Waals surface area contributed by atoms with Gasteiger partial charge in [0.25, 0.3) is 0 Å². The Kier molecular flexibility index (Phi) is 10.0. The molecule has 0 aromatic heterocycles. The summed E-state index contributed by atoms with van der Waals surface area (Å²) < 4.78 is 33.6. The number of phosphoric ester groups is 2. The van der Waals surface area contributed by atoms with Crippen molar-refractivity contribution in [3.63, 3.8) is 0 Å². The molecule has 0 aliphatic rings. The van der Waals surface area contributed by atoms with Crippen LogP contribution in [0.4, 0.5) is 0 Å². The van der Waals surface area contributed by atoms with Crippen molar-refractivity contribution in [2.75, 3.05) is 0 Å². The van der Waals surface area contributed by atoms with Gasteiger partial charge in [-0.2, -0.15) is 0 Å². The molecule has 0 radical (unpaired) electrons. The number of hydrogen-bond donors (Lipinski definition) is 4. The number of phosphoric acid groups is 2. The van der Waals surface area contributed by atoms with Crippen LogP contribution in [-0.2, 0) is 20.0 Å². The second-order valence-corrected chi connectivity index (χ2v) is 17.2. The molecule has 2 aromatic carbocycles. The number of rotatable bonds is 10. The molecule has 0 heterocycles. The third-order valence-corrected chi connectivity index (χ3v) is 8.00. The monoisotopic (exact) mass is 602 g/mol. The lowest BCUT2D eigenvalue weighted by molar-refractivity contribution is 0.277. The first-order chi connectivity index (χ1) is 17.3. The van der Waals surface area contributed by atoms with Crippen molar-refractivity contribution in [1.29, 1.82) is 0 Å². The van der Waals surface area contributed by atoms with E-state index >= 15 is 0 Å². The molecule has 0 saturated carbocycles. The molecule has 0 fully saturated rings. The van der Waals surface area contributed by atoms with Crippen molar-refractivity contribution in [3.8, 4) is 11.5 Å². The van der Waals surface area contributed by atoms with Crippen LogP contribution in [0.1, 0.15) is 93.2 Å². The van der Waals surface area contributed by atoms with Gasteiger partial charge < -0.3 is 9.05 Å². The summed E-state index contributed by atoms with van der Waals surface area (Å²) in [5.41, 5.74) is 1.34. The minimum absolute atomic E-state index is 0.0231. The highest BCUT2D eigenvalue weighted by molar-refractivity contribution is 7.99. The summed E-state index contributed by atoms with van der Waals surface area (Å²) in [5, 5.41) is 0. The van der Waals surface area contributed by atoms with Gasteiger partial charge in [-0.1, -0.05) is 93.1 Å². The second-order valence-electron chi connectivity index (χ2n) is 13.8. The summed E-state index contributed by atoms with van der Waals surface area (Å²) in [6.07, 6.45) is 1.68. The molecule has 2 rings (SSSR count). The van der Waals surface area contributed by atoms with E-state index in [1.165, 1.54) is 12.1 Å². The molecule has 0 bridgehead atoms. The molecule has 0 spiro atoms. The molecule has 8 nitrogen and oxygen atoms in total. The number of benzene rings is 2. The summed E-state index contributed by atoms with van der Waals surface area (Å²) in [5.74, 6) is -0.0738. The Labute approximate surface area is 237 Å². The third kappa shape index (κ3) is 11.2. The summed E-state index contributed by atoms with van der Waals surface area (Å²) in [4.78, 5) is 39.0. The van der Waals surface area contributed by atoms with Crippen LogP contribution >= 0.6 is 27.4 Å². The van der Waals surface area contributed by atoms with Crippen LogP contribution < -0.4 is 9.05 Å². The van der Waals surface area contributed by atoms with Crippen LogP contribution in [-0.4, -0.2) is 19.6 Å². The smallest absolute Gasteiger partial charge is 0.403 e. The Bertz CT molecular complexity index is 1170. The van der Waals surface area contributed by atoms with Crippen molar-refractivity contribution in [3.05, 3.63) is 47.5 Å².